The summed E-state index contributed by atoms with van der Waals surface area (Å²) in [6.45, 7) is 4.08. The van der Waals surface area contributed by atoms with E-state index in [9.17, 15) is 25.5 Å². The number of phenolic OH excluding ortho intramolecular Hbond substituents is 1. The van der Waals surface area contributed by atoms with E-state index in [0.29, 0.717) is 6.42 Å². The number of hydrogen-bond acceptors (Lipinski definition) is 7. The van der Waals surface area contributed by atoms with Crippen molar-refractivity contribution >= 4 is 0 Å². The minimum Gasteiger partial charge on any atom is -0.508 e. The molecule has 7 nitrogen and oxygen atoms in total. The van der Waals surface area contributed by atoms with Crippen molar-refractivity contribution in [1.29, 1.82) is 0 Å². The van der Waals surface area contributed by atoms with Crippen LogP contribution in [0.15, 0.2) is 18.2 Å². The van der Waals surface area contributed by atoms with Crippen LogP contribution < -0.4 is 10.6 Å². The van der Waals surface area contributed by atoms with E-state index < -0.39 is 18.0 Å². The second kappa shape index (κ2) is 6.04. The molecule has 0 amide bonds. The lowest BCUT2D eigenvalue weighted by molar-refractivity contribution is -0.206. The summed E-state index contributed by atoms with van der Waals surface area (Å²) in [6, 6.07) is 4.82. The SMILES string of the molecule is CCc1ccc(O)c(C(NC(C)(O)O)NC(C)(O)O)c1. The number of hydrogen-bond donors (Lipinski definition) is 7. The molecule has 7 N–H and O–H groups in total. The molecule has 1 rings (SSSR count). The molecular weight excluding hydrogens is 264 g/mol. The largest absolute Gasteiger partial charge is 0.508 e. The van der Waals surface area contributed by atoms with Gasteiger partial charge in [-0.25, -0.2) is 10.6 Å². The van der Waals surface area contributed by atoms with Gasteiger partial charge in [-0.1, -0.05) is 13.0 Å². The lowest BCUT2D eigenvalue weighted by Gasteiger charge is -2.31. The highest BCUT2D eigenvalue weighted by Crippen LogP contribution is 2.26. The summed E-state index contributed by atoms with van der Waals surface area (Å²) in [5.41, 5.74) is 1.18. The third-order valence-corrected chi connectivity index (χ3v) is 2.65. The van der Waals surface area contributed by atoms with Gasteiger partial charge in [0.2, 0.25) is 11.8 Å². The number of aliphatic hydroxyl groups is 4. The minimum absolute atomic E-state index is 0.110. The first-order chi connectivity index (χ1) is 9.02. The fourth-order valence-electron chi connectivity index (χ4n) is 1.79. The standard InChI is InChI=1S/C13H22N2O5/c1-4-8-5-6-10(16)9(7-8)11(14-12(2,17)18)15-13(3,19)20/h5-7,11,14-20H,4H2,1-3H3. The Morgan fingerprint density at radius 1 is 1.05 bits per heavy atom. The number of phenols is 1. The van der Waals surface area contributed by atoms with Gasteiger partial charge in [-0.05, 0) is 24.1 Å². The van der Waals surface area contributed by atoms with E-state index in [1.807, 2.05) is 6.92 Å². The van der Waals surface area contributed by atoms with Crippen LogP contribution >= 0.6 is 0 Å². The molecule has 0 heterocycles. The Kier molecular flexibility index (Phi) is 5.09. The first-order valence-electron chi connectivity index (χ1n) is 6.28. The Morgan fingerprint density at radius 3 is 1.95 bits per heavy atom. The maximum Gasteiger partial charge on any atom is 0.220 e. The van der Waals surface area contributed by atoms with Crippen LogP contribution in [0.25, 0.3) is 0 Å². The highest BCUT2D eigenvalue weighted by atomic mass is 16.5. The van der Waals surface area contributed by atoms with Crippen molar-refractivity contribution in [3.63, 3.8) is 0 Å². The number of aryl methyl sites for hydroxylation is 1. The summed E-state index contributed by atoms with van der Waals surface area (Å²) in [5.74, 6) is -4.64. The number of aromatic hydroxyl groups is 1. The number of rotatable bonds is 6. The van der Waals surface area contributed by atoms with Gasteiger partial charge in [-0.3, -0.25) is 0 Å². The smallest absolute Gasteiger partial charge is 0.220 e. The molecule has 0 atom stereocenters. The van der Waals surface area contributed by atoms with Crippen molar-refractivity contribution in [2.75, 3.05) is 0 Å². The van der Waals surface area contributed by atoms with Crippen LogP contribution in [-0.2, 0) is 6.42 Å². The lowest BCUT2D eigenvalue weighted by Crippen LogP contribution is -2.54. The summed E-state index contributed by atoms with van der Waals surface area (Å²) in [5, 5.41) is 52.3. The van der Waals surface area contributed by atoms with Crippen LogP contribution in [-0.4, -0.2) is 37.4 Å². The van der Waals surface area contributed by atoms with Gasteiger partial charge in [-0.2, -0.15) is 0 Å². The van der Waals surface area contributed by atoms with E-state index in [1.165, 1.54) is 6.07 Å². The second-order valence-corrected chi connectivity index (χ2v) is 5.01. The summed E-state index contributed by atoms with van der Waals surface area (Å²) < 4.78 is 0. The molecule has 20 heavy (non-hydrogen) atoms. The molecule has 0 saturated heterocycles. The summed E-state index contributed by atoms with van der Waals surface area (Å²) in [6.07, 6.45) is -0.369. The Bertz CT molecular complexity index is 435. The molecule has 0 bridgehead atoms. The number of benzene rings is 1. The van der Waals surface area contributed by atoms with Crippen molar-refractivity contribution in [3.8, 4) is 5.75 Å². The van der Waals surface area contributed by atoms with Crippen LogP contribution in [0.2, 0.25) is 0 Å². The molecule has 0 spiro atoms. The molecule has 0 aliphatic rings. The molecule has 0 saturated carbocycles. The van der Waals surface area contributed by atoms with Crippen molar-refractivity contribution in [1.82, 2.24) is 10.6 Å². The normalized spacial score (nSPS) is 13.0. The highest BCUT2D eigenvalue weighted by Gasteiger charge is 2.29. The first kappa shape index (κ1) is 16.8. The van der Waals surface area contributed by atoms with Gasteiger partial charge in [0.05, 0.1) is 6.17 Å². The van der Waals surface area contributed by atoms with Gasteiger partial charge in [0.1, 0.15) is 5.75 Å². The van der Waals surface area contributed by atoms with Gasteiger partial charge < -0.3 is 25.5 Å². The summed E-state index contributed by atoms with van der Waals surface area (Å²) in [4.78, 5) is 0. The minimum atomic E-state index is -2.27. The molecule has 1 aromatic carbocycles. The third kappa shape index (κ3) is 5.41. The fourth-order valence-corrected chi connectivity index (χ4v) is 1.79. The van der Waals surface area contributed by atoms with Crippen molar-refractivity contribution in [2.24, 2.45) is 0 Å². The van der Waals surface area contributed by atoms with Gasteiger partial charge in [0.25, 0.3) is 0 Å². The zero-order valence-electron chi connectivity index (χ0n) is 11.8. The van der Waals surface area contributed by atoms with E-state index in [2.05, 4.69) is 10.6 Å². The topological polar surface area (TPSA) is 125 Å². The molecule has 0 aliphatic carbocycles. The molecule has 0 fully saturated rings. The molecule has 0 unspecified atom stereocenters. The van der Waals surface area contributed by atoms with Crippen molar-refractivity contribution in [3.05, 3.63) is 29.3 Å². The predicted octanol–water partition coefficient (Wildman–Crippen LogP) is -0.551. The maximum atomic E-state index is 9.89. The van der Waals surface area contributed by atoms with Crippen LogP contribution in [0, 0.1) is 0 Å². The van der Waals surface area contributed by atoms with E-state index >= 15 is 0 Å². The Morgan fingerprint density at radius 2 is 1.55 bits per heavy atom. The highest BCUT2D eigenvalue weighted by molar-refractivity contribution is 5.38. The van der Waals surface area contributed by atoms with Crippen LogP contribution in [0.4, 0.5) is 0 Å². The van der Waals surface area contributed by atoms with Gasteiger partial charge in [0.15, 0.2) is 0 Å². The van der Waals surface area contributed by atoms with Crippen molar-refractivity contribution < 1.29 is 25.5 Å². The number of nitrogens with one attached hydrogen (secondary N) is 2. The summed E-state index contributed by atoms with van der Waals surface area (Å²) in [7, 11) is 0. The molecule has 0 aliphatic heterocycles. The zero-order chi connectivity index (χ0) is 15.6. The average Bonchev–Trinajstić information content (AvgIpc) is 2.25. The fraction of sp³-hybridized carbons (Fsp3) is 0.538. The molecule has 0 radical (unpaired) electrons. The Labute approximate surface area is 117 Å². The zero-order valence-corrected chi connectivity index (χ0v) is 11.8. The molecule has 1 aromatic rings. The summed E-state index contributed by atoms with van der Waals surface area (Å²) >= 11 is 0. The molecule has 0 aromatic heterocycles. The third-order valence-electron chi connectivity index (χ3n) is 2.65. The van der Waals surface area contributed by atoms with E-state index in [-0.39, 0.29) is 11.3 Å². The Balaban J connectivity index is 3.15. The first-order valence-corrected chi connectivity index (χ1v) is 6.28. The predicted molar refractivity (Wildman–Crippen MR) is 72.2 cm³/mol. The Hall–Kier alpha value is -1.22. The van der Waals surface area contributed by atoms with Gasteiger partial charge in [-0.15, -0.1) is 0 Å². The van der Waals surface area contributed by atoms with E-state index in [1.54, 1.807) is 12.1 Å². The van der Waals surface area contributed by atoms with Gasteiger partial charge in [0, 0.05) is 19.4 Å². The van der Waals surface area contributed by atoms with Crippen LogP contribution in [0.3, 0.4) is 0 Å². The quantitative estimate of drug-likeness (QED) is 0.350. The average molecular weight is 286 g/mol. The second-order valence-electron chi connectivity index (χ2n) is 5.01. The molecule has 7 heteroatoms. The lowest BCUT2D eigenvalue weighted by atomic mass is 10.0. The van der Waals surface area contributed by atoms with Gasteiger partial charge >= 0.3 is 0 Å². The van der Waals surface area contributed by atoms with Crippen LogP contribution in [0.1, 0.15) is 38.1 Å². The van der Waals surface area contributed by atoms with Crippen LogP contribution in [0.5, 0.6) is 5.75 Å². The van der Waals surface area contributed by atoms with E-state index in [0.717, 1.165) is 19.4 Å². The molecular formula is C13H22N2O5. The van der Waals surface area contributed by atoms with Crippen molar-refractivity contribution in [2.45, 2.75) is 45.2 Å². The maximum absolute atomic E-state index is 9.89. The monoisotopic (exact) mass is 286 g/mol. The van der Waals surface area contributed by atoms with E-state index in [4.69, 9.17) is 0 Å². The molecule has 114 valence electrons.